The Kier molecular flexibility index (Phi) is 9.03. The summed E-state index contributed by atoms with van der Waals surface area (Å²) in [4.78, 5) is 4.80. The molecule has 48 heavy (non-hydrogen) atoms. The van der Waals surface area contributed by atoms with Gasteiger partial charge in [-0.05, 0) is 140 Å². The van der Waals surface area contributed by atoms with Crippen LogP contribution in [0, 0.1) is 13.8 Å². The second-order valence-corrected chi connectivity index (χ2v) is 14.9. The molecule has 0 aliphatic heterocycles. The molecule has 0 spiro atoms. The summed E-state index contributed by atoms with van der Waals surface area (Å²) in [6.45, 7) is 18.0. The number of para-hydroxylation sites is 2. The van der Waals surface area contributed by atoms with Gasteiger partial charge in [-0.1, -0.05) is 106 Å². The summed E-state index contributed by atoms with van der Waals surface area (Å²) in [5.41, 5.74) is 14.7. The molecule has 2 heteroatoms. The van der Waals surface area contributed by atoms with Crippen molar-refractivity contribution in [2.45, 2.75) is 66.3 Å². The van der Waals surface area contributed by atoms with Crippen molar-refractivity contribution in [3.8, 4) is 22.3 Å². The minimum absolute atomic E-state index is 0.0676. The Morgan fingerprint density at radius 2 is 0.812 bits per heavy atom. The van der Waals surface area contributed by atoms with Crippen molar-refractivity contribution in [2.75, 3.05) is 9.80 Å². The van der Waals surface area contributed by atoms with Crippen LogP contribution in [-0.2, 0) is 5.41 Å². The summed E-state index contributed by atoms with van der Waals surface area (Å²) in [5, 5.41) is 0. The predicted molar refractivity (Wildman–Crippen MR) is 209 cm³/mol. The van der Waals surface area contributed by atoms with Gasteiger partial charge < -0.3 is 9.80 Å². The van der Waals surface area contributed by atoms with E-state index in [1.54, 1.807) is 0 Å². The molecule has 2 nitrogen and oxygen atoms in total. The van der Waals surface area contributed by atoms with Gasteiger partial charge in [-0.15, -0.1) is 0 Å². The summed E-state index contributed by atoms with van der Waals surface area (Å²) in [6, 6.07) is 53.0. The molecule has 6 aromatic carbocycles. The normalized spacial score (nSPS) is 11.8. The van der Waals surface area contributed by atoms with Crippen molar-refractivity contribution >= 4 is 28.4 Å². The average Bonchev–Trinajstić information content (AvgIpc) is 3.07. The van der Waals surface area contributed by atoms with Gasteiger partial charge in [0.25, 0.3) is 0 Å². The molecule has 0 atom stereocenters. The fourth-order valence-electron chi connectivity index (χ4n) is 6.61. The Balaban J connectivity index is 1.33. The lowest BCUT2D eigenvalue weighted by Gasteiger charge is -2.39. The Morgan fingerprint density at radius 1 is 0.396 bits per heavy atom. The molecule has 0 amide bonds. The number of hydrogen-bond donors (Lipinski definition) is 0. The molecule has 0 aliphatic carbocycles. The van der Waals surface area contributed by atoms with Crippen LogP contribution in [0.2, 0.25) is 0 Å². The van der Waals surface area contributed by atoms with Gasteiger partial charge in [0.1, 0.15) is 0 Å². The molecule has 0 heterocycles. The van der Waals surface area contributed by atoms with E-state index < -0.39 is 0 Å². The number of nitrogens with zero attached hydrogens (tertiary/aromatic N) is 2. The lowest BCUT2D eigenvalue weighted by Crippen LogP contribution is -2.38. The number of hydrogen-bond acceptors (Lipinski definition) is 2. The molecule has 0 N–H and O–H groups in total. The van der Waals surface area contributed by atoms with Gasteiger partial charge in [0, 0.05) is 34.0 Å². The van der Waals surface area contributed by atoms with Gasteiger partial charge in [0.2, 0.25) is 0 Å². The second kappa shape index (κ2) is 13.2. The van der Waals surface area contributed by atoms with Crippen molar-refractivity contribution < 1.29 is 0 Å². The lowest BCUT2D eigenvalue weighted by molar-refractivity contribution is 0.559. The van der Waals surface area contributed by atoms with Crippen LogP contribution in [0.3, 0.4) is 0 Å². The SMILES string of the molecule is Cc1cc(-c2ccc(N(c3ccccc3)C(C)(C)C)c(C)c2)ccc1N(c1ccccc1)c1ccc(-c2ccc(C(C)(C)C)cc2)cc1. The van der Waals surface area contributed by atoms with Crippen molar-refractivity contribution in [2.24, 2.45) is 0 Å². The van der Waals surface area contributed by atoms with E-state index in [1.807, 2.05) is 0 Å². The van der Waals surface area contributed by atoms with Crippen LogP contribution in [0.25, 0.3) is 22.3 Å². The number of anilines is 5. The molecular formula is C46H48N2. The van der Waals surface area contributed by atoms with Crippen LogP contribution in [0.15, 0.2) is 146 Å². The second-order valence-electron chi connectivity index (χ2n) is 14.9. The monoisotopic (exact) mass is 628 g/mol. The van der Waals surface area contributed by atoms with E-state index in [0.717, 1.165) is 11.4 Å². The van der Waals surface area contributed by atoms with Gasteiger partial charge >= 0.3 is 0 Å². The summed E-state index contributed by atoms with van der Waals surface area (Å²) < 4.78 is 0. The third-order valence-electron chi connectivity index (χ3n) is 9.12. The standard InChI is InChI=1S/C46H48N2/c1-33-31-37(38-24-30-44(34(2)32-38)48(46(6,7)8)42-17-13-10-14-18-42)23-29-43(33)47(40-15-11-9-12-16-40)41-27-21-36(22-28-41)35-19-25-39(26-20-35)45(3,4)5/h9-32H,1-8H3. The van der Waals surface area contributed by atoms with Crippen LogP contribution in [0.4, 0.5) is 28.4 Å². The Bertz CT molecular complexity index is 1980. The fraction of sp³-hybridized carbons (Fsp3) is 0.217. The smallest absolute Gasteiger partial charge is 0.0491 e. The van der Waals surface area contributed by atoms with Crippen LogP contribution < -0.4 is 9.80 Å². The van der Waals surface area contributed by atoms with E-state index in [4.69, 9.17) is 0 Å². The highest BCUT2D eigenvalue weighted by Gasteiger charge is 2.25. The van der Waals surface area contributed by atoms with Gasteiger partial charge in [0.05, 0.1) is 0 Å². The summed E-state index contributed by atoms with van der Waals surface area (Å²) in [7, 11) is 0. The minimum Gasteiger partial charge on any atom is -0.336 e. The lowest BCUT2D eigenvalue weighted by atomic mass is 9.86. The molecule has 0 aliphatic rings. The van der Waals surface area contributed by atoms with E-state index in [-0.39, 0.29) is 11.0 Å². The van der Waals surface area contributed by atoms with E-state index in [1.165, 1.54) is 56.0 Å². The van der Waals surface area contributed by atoms with E-state index in [2.05, 4.69) is 211 Å². The predicted octanol–water partition coefficient (Wildman–Crippen LogP) is 13.3. The molecule has 0 unspecified atom stereocenters. The molecule has 0 bridgehead atoms. The summed E-state index contributed by atoms with van der Waals surface area (Å²) in [5.74, 6) is 0. The highest BCUT2D eigenvalue weighted by Crippen LogP contribution is 2.41. The van der Waals surface area contributed by atoms with Crippen molar-refractivity contribution in [3.63, 3.8) is 0 Å². The Morgan fingerprint density at radius 3 is 1.27 bits per heavy atom. The first-order valence-electron chi connectivity index (χ1n) is 17.0. The van der Waals surface area contributed by atoms with Crippen molar-refractivity contribution in [1.82, 2.24) is 0 Å². The highest BCUT2D eigenvalue weighted by molar-refractivity contribution is 5.82. The van der Waals surface area contributed by atoms with Gasteiger partial charge in [-0.2, -0.15) is 0 Å². The zero-order chi connectivity index (χ0) is 34.1. The zero-order valence-electron chi connectivity index (χ0n) is 29.8. The first kappa shape index (κ1) is 32.8. The Hall–Kier alpha value is -5.08. The maximum absolute atomic E-state index is 2.43. The number of aryl methyl sites for hydroxylation is 2. The summed E-state index contributed by atoms with van der Waals surface area (Å²) in [6.07, 6.45) is 0. The largest absolute Gasteiger partial charge is 0.336 e. The molecule has 242 valence electrons. The third-order valence-corrected chi connectivity index (χ3v) is 9.12. The van der Waals surface area contributed by atoms with Crippen LogP contribution >= 0.6 is 0 Å². The van der Waals surface area contributed by atoms with Crippen molar-refractivity contribution in [1.29, 1.82) is 0 Å². The maximum atomic E-state index is 2.43. The van der Waals surface area contributed by atoms with Gasteiger partial charge in [-0.25, -0.2) is 0 Å². The van der Waals surface area contributed by atoms with Gasteiger partial charge in [0.15, 0.2) is 0 Å². The minimum atomic E-state index is -0.0676. The molecule has 0 aromatic heterocycles. The summed E-state index contributed by atoms with van der Waals surface area (Å²) >= 11 is 0. The average molecular weight is 629 g/mol. The zero-order valence-corrected chi connectivity index (χ0v) is 29.8. The third kappa shape index (κ3) is 6.94. The van der Waals surface area contributed by atoms with E-state index in [0.29, 0.717) is 0 Å². The highest BCUT2D eigenvalue weighted by atomic mass is 15.2. The molecule has 0 saturated heterocycles. The fourth-order valence-corrected chi connectivity index (χ4v) is 6.61. The quantitative estimate of drug-likeness (QED) is 0.174. The maximum Gasteiger partial charge on any atom is 0.0491 e. The topological polar surface area (TPSA) is 6.48 Å². The molecule has 0 saturated carbocycles. The van der Waals surface area contributed by atoms with Gasteiger partial charge in [-0.3, -0.25) is 0 Å². The van der Waals surface area contributed by atoms with E-state index >= 15 is 0 Å². The van der Waals surface area contributed by atoms with Crippen LogP contribution in [0.5, 0.6) is 0 Å². The van der Waals surface area contributed by atoms with Crippen LogP contribution in [0.1, 0.15) is 58.2 Å². The first-order chi connectivity index (χ1) is 22.9. The molecule has 0 fully saturated rings. The molecule has 0 radical (unpaired) electrons. The number of rotatable bonds is 7. The molecular weight excluding hydrogens is 581 g/mol. The Labute approximate surface area is 288 Å². The van der Waals surface area contributed by atoms with Crippen LogP contribution in [-0.4, -0.2) is 5.54 Å². The number of benzene rings is 6. The van der Waals surface area contributed by atoms with Crippen molar-refractivity contribution in [3.05, 3.63) is 162 Å². The molecule has 6 aromatic rings. The molecule has 6 rings (SSSR count). The van der Waals surface area contributed by atoms with E-state index in [9.17, 15) is 0 Å². The first-order valence-corrected chi connectivity index (χ1v) is 17.0.